The van der Waals surface area contributed by atoms with Crippen LogP contribution in [0.4, 0.5) is 0 Å². The van der Waals surface area contributed by atoms with Crippen molar-refractivity contribution in [3.8, 4) is 0 Å². The lowest BCUT2D eigenvalue weighted by atomic mass is 10.3. The number of oxime groups is 1. The van der Waals surface area contributed by atoms with Gasteiger partial charge in [-0.1, -0.05) is 28.4 Å². The number of nitrogens with zero attached hydrogens (tertiary/aromatic N) is 1. The van der Waals surface area contributed by atoms with E-state index >= 15 is 0 Å². The Morgan fingerprint density at radius 1 is 1.77 bits per heavy atom. The molecule has 1 amide bonds. The van der Waals surface area contributed by atoms with Gasteiger partial charge < -0.3 is 10.2 Å². The molecule has 0 saturated carbocycles. The van der Waals surface area contributed by atoms with Gasteiger partial charge in [0.05, 0.1) is 0 Å². The van der Waals surface area contributed by atoms with Gasteiger partial charge in [-0.05, 0) is 13.8 Å². The highest BCUT2D eigenvalue weighted by Crippen LogP contribution is 2.19. The molecule has 0 bridgehead atoms. The summed E-state index contributed by atoms with van der Waals surface area (Å²) in [6, 6.07) is 0. The second-order valence-corrected chi connectivity index (χ2v) is 4.71. The summed E-state index contributed by atoms with van der Waals surface area (Å²) in [4.78, 5) is 16.1. The maximum absolute atomic E-state index is 11.2. The van der Waals surface area contributed by atoms with Crippen LogP contribution in [0.15, 0.2) is 5.16 Å². The molecule has 1 aliphatic heterocycles. The Morgan fingerprint density at radius 2 is 2.38 bits per heavy atom. The molecule has 0 aromatic carbocycles. The second kappa shape index (κ2) is 3.72. The number of alkyl halides is 2. The molecule has 0 saturated heterocycles. The maximum atomic E-state index is 11.2. The third kappa shape index (κ3) is 3.04. The quantitative estimate of drug-likeness (QED) is 0.686. The van der Waals surface area contributed by atoms with Crippen molar-refractivity contribution < 1.29 is 9.63 Å². The first-order valence-corrected chi connectivity index (χ1v) is 4.57. The van der Waals surface area contributed by atoms with Gasteiger partial charge in [0.15, 0.2) is 10.2 Å². The Kier molecular flexibility index (Phi) is 3.03. The highest BCUT2D eigenvalue weighted by atomic mass is 35.5. The Hall–Kier alpha value is -0.480. The van der Waals surface area contributed by atoms with E-state index in [1.54, 1.807) is 0 Å². The Bertz CT molecular complexity index is 247. The zero-order chi connectivity index (χ0) is 10.1. The second-order valence-electron chi connectivity index (χ2n) is 3.00. The number of amidine groups is 1. The Balaban J connectivity index is 2.47. The lowest BCUT2D eigenvalue weighted by Gasteiger charge is -2.11. The zero-order valence-corrected chi connectivity index (χ0v) is 8.82. The molecule has 0 fully saturated rings. The topological polar surface area (TPSA) is 50.7 Å². The molecule has 1 N–H and O–H groups in total. The van der Waals surface area contributed by atoms with Gasteiger partial charge in [0.2, 0.25) is 0 Å². The minimum atomic E-state index is -1.44. The molecule has 0 radical (unpaired) electrons. The van der Waals surface area contributed by atoms with E-state index in [4.69, 9.17) is 28.0 Å². The lowest BCUT2D eigenvalue weighted by molar-refractivity contribution is -0.120. The van der Waals surface area contributed by atoms with Crippen LogP contribution in [0.1, 0.15) is 20.3 Å². The SMILES string of the molecule is CC1CC(NC(=O)C(C)(Cl)Cl)=NO1. The first kappa shape index (κ1) is 10.6. The van der Waals surface area contributed by atoms with Crippen molar-refractivity contribution in [3.05, 3.63) is 0 Å². The van der Waals surface area contributed by atoms with Crippen molar-refractivity contribution in [2.45, 2.75) is 30.7 Å². The summed E-state index contributed by atoms with van der Waals surface area (Å²) >= 11 is 11.1. The molecular weight excluding hydrogens is 215 g/mol. The van der Waals surface area contributed by atoms with E-state index in [-0.39, 0.29) is 6.10 Å². The van der Waals surface area contributed by atoms with E-state index in [0.29, 0.717) is 12.3 Å². The molecule has 1 aliphatic rings. The van der Waals surface area contributed by atoms with Crippen LogP contribution in [0, 0.1) is 0 Å². The number of carbonyl (C=O) groups is 1. The van der Waals surface area contributed by atoms with Crippen LogP contribution >= 0.6 is 23.2 Å². The minimum Gasteiger partial charge on any atom is -0.391 e. The molecule has 4 nitrogen and oxygen atoms in total. The summed E-state index contributed by atoms with van der Waals surface area (Å²) in [7, 11) is 0. The Morgan fingerprint density at radius 3 is 2.77 bits per heavy atom. The molecule has 6 heteroatoms. The third-order valence-corrected chi connectivity index (χ3v) is 1.82. The fourth-order valence-electron chi connectivity index (χ4n) is 0.815. The highest BCUT2D eigenvalue weighted by Gasteiger charge is 2.29. The number of hydrogen-bond donors (Lipinski definition) is 1. The number of carbonyl (C=O) groups excluding carboxylic acids is 1. The number of rotatable bonds is 1. The number of amides is 1. The molecule has 74 valence electrons. The van der Waals surface area contributed by atoms with E-state index in [2.05, 4.69) is 10.5 Å². The van der Waals surface area contributed by atoms with Crippen LogP contribution in [-0.4, -0.2) is 22.2 Å². The van der Waals surface area contributed by atoms with Crippen molar-refractivity contribution in [1.29, 1.82) is 0 Å². The highest BCUT2D eigenvalue weighted by molar-refractivity contribution is 6.58. The largest absolute Gasteiger partial charge is 0.391 e. The predicted molar refractivity (Wildman–Crippen MR) is 50.9 cm³/mol. The fourth-order valence-corrected chi connectivity index (χ4v) is 0.910. The van der Waals surface area contributed by atoms with E-state index in [1.807, 2.05) is 6.92 Å². The smallest absolute Gasteiger partial charge is 0.261 e. The molecule has 13 heavy (non-hydrogen) atoms. The minimum absolute atomic E-state index is 0.00722. The summed E-state index contributed by atoms with van der Waals surface area (Å²) in [6.45, 7) is 3.24. The lowest BCUT2D eigenvalue weighted by Crippen LogP contribution is -2.39. The van der Waals surface area contributed by atoms with Gasteiger partial charge in [0.25, 0.3) is 5.91 Å². The average Bonchev–Trinajstić information content (AvgIpc) is 2.33. The first-order valence-electron chi connectivity index (χ1n) is 3.81. The molecule has 0 aromatic rings. The molecule has 1 rings (SSSR count). The molecule has 0 aliphatic carbocycles. The van der Waals surface area contributed by atoms with Gasteiger partial charge in [0.1, 0.15) is 6.10 Å². The molecule has 1 heterocycles. The predicted octanol–water partition coefficient (Wildman–Crippen LogP) is 1.42. The Labute approximate surface area is 86.2 Å². The summed E-state index contributed by atoms with van der Waals surface area (Å²) in [5.74, 6) is -0.0303. The van der Waals surface area contributed by atoms with Gasteiger partial charge in [-0.15, -0.1) is 0 Å². The van der Waals surface area contributed by atoms with Crippen LogP contribution in [0.3, 0.4) is 0 Å². The van der Waals surface area contributed by atoms with Gasteiger partial charge in [-0.25, -0.2) is 0 Å². The van der Waals surface area contributed by atoms with Crippen LogP contribution in [0.2, 0.25) is 0 Å². The van der Waals surface area contributed by atoms with Crippen molar-refractivity contribution in [3.63, 3.8) is 0 Å². The van der Waals surface area contributed by atoms with Crippen LogP contribution in [-0.2, 0) is 9.63 Å². The van der Waals surface area contributed by atoms with E-state index in [0.717, 1.165) is 0 Å². The number of nitrogens with one attached hydrogen (secondary N) is 1. The first-order chi connectivity index (χ1) is 5.89. The van der Waals surface area contributed by atoms with E-state index < -0.39 is 10.2 Å². The van der Waals surface area contributed by atoms with E-state index in [1.165, 1.54) is 6.92 Å². The summed E-state index contributed by atoms with van der Waals surface area (Å²) in [6.07, 6.45) is 0.558. The molecule has 0 aromatic heterocycles. The van der Waals surface area contributed by atoms with Gasteiger partial charge in [0, 0.05) is 6.42 Å². The molecule has 0 spiro atoms. The van der Waals surface area contributed by atoms with Crippen LogP contribution < -0.4 is 5.32 Å². The van der Waals surface area contributed by atoms with E-state index in [9.17, 15) is 4.79 Å². The average molecular weight is 225 g/mol. The van der Waals surface area contributed by atoms with Crippen LogP contribution in [0.5, 0.6) is 0 Å². The summed E-state index contributed by atoms with van der Waals surface area (Å²) in [5.41, 5.74) is 0. The van der Waals surface area contributed by atoms with Gasteiger partial charge >= 0.3 is 0 Å². The van der Waals surface area contributed by atoms with Crippen LogP contribution in [0.25, 0.3) is 0 Å². The van der Waals surface area contributed by atoms with Crippen molar-refractivity contribution in [2.75, 3.05) is 0 Å². The standard InChI is InChI=1S/C7H10Cl2N2O2/c1-4-3-5(11-13-4)10-6(12)7(2,8)9/h4H,3H2,1-2H3,(H,10,11,12). The molecule has 1 atom stereocenters. The molecule has 1 unspecified atom stereocenters. The van der Waals surface area contributed by atoms with Gasteiger partial charge in [-0.2, -0.15) is 0 Å². The summed E-state index contributed by atoms with van der Waals surface area (Å²) in [5, 5.41) is 6.11. The maximum Gasteiger partial charge on any atom is 0.261 e. The summed E-state index contributed by atoms with van der Waals surface area (Å²) < 4.78 is -1.44. The monoisotopic (exact) mass is 224 g/mol. The third-order valence-electron chi connectivity index (χ3n) is 1.48. The number of hydrogen-bond acceptors (Lipinski definition) is 3. The van der Waals surface area contributed by atoms with Crippen molar-refractivity contribution in [2.24, 2.45) is 5.16 Å². The fraction of sp³-hybridized carbons (Fsp3) is 0.714. The van der Waals surface area contributed by atoms with Crippen molar-refractivity contribution >= 4 is 34.9 Å². The van der Waals surface area contributed by atoms with Crippen molar-refractivity contribution in [1.82, 2.24) is 5.32 Å². The zero-order valence-electron chi connectivity index (χ0n) is 7.30. The van der Waals surface area contributed by atoms with Gasteiger partial charge in [-0.3, -0.25) is 4.79 Å². The normalized spacial score (nSPS) is 22.2. The molecular formula is C7H10Cl2N2O2. The number of halogens is 2.